The Bertz CT molecular complexity index is 354. The molecule has 1 saturated carbocycles. The third kappa shape index (κ3) is 1.59. The van der Waals surface area contributed by atoms with E-state index in [-0.39, 0.29) is 0 Å². The molecular formula is C11H17NOS. The Morgan fingerprint density at radius 1 is 1.57 bits per heavy atom. The van der Waals surface area contributed by atoms with Gasteiger partial charge in [0.05, 0.1) is 16.8 Å². The second kappa shape index (κ2) is 3.04. The van der Waals surface area contributed by atoms with E-state index >= 15 is 0 Å². The first-order valence-electron chi connectivity index (χ1n) is 5.07. The number of aryl methyl sites for hydroxylation is 1. The molecule has 0 amide bonds. The van der Waals surface area contributed by atoms with Gasteiger partial charge in [0.15, 0.2) is 0 Å². The molecule has 0 aliphatic heterocycles. The summed E-state index contributed by atoms with van der Waals surface area (Å²) in [6, 6.07) is 0. The fraction of sp³-hybridized carbons (Fsp3) is 0.727. The number of hydrogen-bond acceptors (Lipinski definition) is 3. The molecule has 3 heteroatoms. The Balaban J connectivity index is 2.26. The highest BCUT2D eigenvalue weighted by molar-refractivity contribution is 7.11. The number of rotatable bonds is 2. The van der Waals surface area contributed by atoms with Crippen molar-refractivity contribution in [2.75, 3.05) is 0 Å². The summed E-state index contributed by atoms with van der Waals surface area (Å²) < 4.78 is 0. The van der Waals surface area contributed by atoms with Crippen molar-refractivity contribution in [1.29, 1.82) is 0 Å². The standard InChI is InChI=1S/C11H17NOS/c1-6(13)9-7(2)14-10(12-9)8-5-11(8,3)4/h6,8,13H,5H2,1-4H3. The largest absolute Gasteiger partial charge is 0.387 e. The van der Waals surface area contributed by atoms with Crippen LogP contribution >= 0.6 is 11.3 Å². The molecule has 2 atom stereocenters. The van der Waals surface area contributed by atoms with Crippen molar-refractivity contribution in [2.24, 2.45) is 5.41 Å². The van der Waals surface area contributed by atoms with Crippen LogP contribution in [-0.4, -0.2) is 10.1 Å². The van der Waals surface area contributed by atoms with Crippen LogP contribution in [0, 0.1) is 12.3 Å². The molecular weight excluding hydrogens is 194 g/mol. The Labute approximate surface area is 89.0 Å². The van der Waals surface area contributed by atoms with Gasteiger partial charge < -0.3 is 5.11 Å². The second-order valence-corrected chi connectivity index (χ2v) is 6.15. The molecule has 0 spiro atoms. The van der Waals surface area contributed by atoms with Gasteiger partial charge in [-0.2, -0.15) is 0 Å². The van der Waals surface area contributed by atoms with Crippen molar-refractivity contribution >= 4 is 11.3 Å². The van der Waals surface area contributed by atoms with Gasteiger partial charge in [-0.25, -0.2) is 4.98 Å². The van der Waals surface area contributed by atoms with Gasteiger partial charge in [-0.1, -0.05) is 13.8 Å². The molecule has 0 bridgehead atoms. The molecule has 1 aliphatic carbocycles. The lowest BCUT2D eigenvalue weighted by Crippen LogP contribution is -1.95. The van der Waals surface area contributed by atoms with Crippen molar-refractivity contribution in [1.82, 2.24) is 4.98 Å². The van der Waals surface area contributed by atoms with Gasteiger partial charge in [-0.15, -0.1) is 11.3 Å². The third-order valence-electron chi connectivity index (χ3n) is 3.06. The summed E-state index contributed by atoms with van der Waals surface area (Å²) in [5, 5.41) is 10.7. The molecule has 14 heavy (non-hydrogen) atoms. The van der Waals surface area contributed by atoms with Crippen molar-refractivity contribution in [2.45, 2.75) is 46.1 Å². The molecule has 1 aromatic heterocycles. The van der Waals surface area contributed by atoms with Gasteiger partial charge in [-0.3, -0.25) is 0 Å². The number of hydrogen-bond donors (Lipinski definition) is 1. The number of aromatic nitrogens is 1. The van der Waals surface area contributed by atoms with Gasteiger partial charge in [-0.05, 0) is 25.7 Å². The molecule has 1 aliphatic rings. The first-order valence-corrected chi connectivity index (χ1v) is 5.89. The second-order valence-electron chi connectivity index (χ2n) is 4.91. The molecule has 0 aromatic carbocycles. The van der Waals surface area contributed by atoms with Crippen LogP contribution in [0.1, 0.15) is 54.8 Å². The normalized spacial score (nSPS) is 26.2. The number of aliphatic hydroxyl groups is 1. The SMILES string of the molecule is Cc1sc(C2CC2(C)C)nc1C(C)O. The van der Waals surface area contributed by atoms with Gasteiger partial charge in [0.2, 0.25) is 0 Å². The molecule has 0 radical (unpaired) electrons. The molecule has 78 valence electrons. The van der Waals surface area contributed by atoms with Crippen molar-refractivity contribution in [3.63, 3.8) is 0 Å². The molecule has 2 nitrogen and oxygen atoms in total. The maximum atomic E-state index is 9.49. The minimum Gasteiger partial charge on any atom is -0.387 e. The van der Waals surface area contributed by atoms with Crippen molar-refractivity contribution in [3.05, 3.63) is 15.6 Å². The minimum absolute atomic E-state index is 0.429. The Morgan fingerprint density at radius 3 is 2.50 bits per heavy atom. The Morgan fingerprint density at radius 2 is 2.14 bits per heavy atom. The molecule has 2 unspecified atom stereocenters. The lowest BCUT2D eigenvalue weighted by Gasteiger charge is -2.00. The van der Waals surface area contributed by atoms with Crippen LogP contribution < -0.4 is 0 Å². The zero-order valence-electron chi connectivity index (χ0n) is 9.16. The number of thiazole rings is 1. The van der Waals surface area contributed by atoms with E-state index in [1.165, 1.54) is 11.4 Å². The summed E-state index contributed by atoms with van der Waals surface area (Å²) in [7, 11) is 0. The van der Waals surface area contributed by atoms with E-state index < -0.39 is 6.10 Å². The predicted octanol–water partition coefficient (Wildman–Crippen LogP) is 3.02. The average molecular weight is 211 g/mol. The monoisotopic (exact) mass is 211 g/mol. The number of nitrogens with zero attached hydrogens (tertiary/aromatic N) is 1. The Kier molecular flexibility index (Phi) is 2.20. The summed E-state index contributed by atoms with van der Waals surface area (Å²) in [5.41, 5.74) is 1.30. The zero-order chi connectivity index (χ0) is 10.5. The van der Waals surface area contributed by atoms with E-state index in [4.69, 9.17) is 0 Å². The maximum Gasteiger partial charge on any atom is 0.0968 e. The van der Waals surface area contributed by atoms with E-state index in [0.29, 0.717) is 11.3 Å². The first kappa shape index (κ1) is 10.1. The molecule has 1 N–H and O–H groups in total. The quantitative estimate of drug-likeness (QED) is 0.815. The average Bonchev–Trinajstić information content (AvgIpc) is 2.54. The highest BCUT2D eigenvalue weighted by Gasteiger charge is 2.48. The van der Waals surface area contributed by atoms with Crippen LogP contribution in [0.15, 0.2) is 0 Å². The zero-order valence-corrected chi connectivity index (χ0v) is 9.98. The summed E-state index contributed by atoms with van der Waals surface area (Å²) in [6.07, 6.45) is 0.806. The molecule has 1 fully saturated rings. The first-order chi connectivity index (χ1) is 6.42. The fourth-order valence-electron chi connectivity index (χ4n) is 1.85. The van der Waals surface area contributed by atoms with Crippen LogP contribution in [0.5, 0.6) is 0 Å². The van der Waals surface area contributed by atoms with Crippen LogP contribution in [0.25, 0.3) is 0 Å². The van der Waals surface area contributed by atoms with E-state index in [1.807, 2.05) is 6.92 Å². The summed E-state index contributed by atoms with van der Waals surface area (Å²) >= 11 is 1.74. The highest BCUT2D eigenvalue weighted by atomic mass is 32.1. The summed E-state index contributed by atoms with van der Waals surface area (Å²) in [4.78, 5) is 5.70. The highest BCUT2D eigenvalue weighted by Crippen LogP contribution is 2.59. The van der Waals surface area contributed by atoms with Crippen LogP contribution in [0.3, 0.4) is 0 Å². The lowest BCUT2D eigenvalue weighted by molar-refractivity contribution is 0.194. The smallest absolute Gasteiger partial charge is 0.0968 e. The molecule has 1 aromatic rings. The van der Waals surface area contributed by atoms with Gasteiger partial charge >= 0.3 is 0 Å². The van der Waals surface area contributed by atoms with Crippen LogP contribution in [0.4, 0.5) is 0 Å². The molecule has 1 heterocycles. The predicted molar refractivity (Wildman–Crippen MR) is 58.6 cm³/mol. The molecule has 0 saturated heterocycles. The van der Waals surface area contributed by atoms with Gasteiger partial charge in [0.25, 0.3) is 0 Å². The third-order valence-corrected chi connectivity index (χ3v) is 4.16. The maximum absolute atomic E-state index is 9.49. The van der Waals surface area contributed by atoms with Crippen molar-refractivity contribution < 1.29 is 5.11 Å². The summed E-state index contributed by atoms with van der Waals surface area (Å²) in [6.45, 7) is 8.37. The topological polar surface area (TPSA) is 33.1 Å². The van der Waals surface area contributed by atoms with Gasteiger partial charge in [0, 0.05) is 10.8 Å². The van der Waals surface area contributed by atoms with E-state index in [1.54, 1.807) is 18.3 Å². The summed E-state index contributed by atoms with van der Waals surface area (Å²) in [5.74, 6) is 0.624. The van der Waals surface area contributed by atoms with E-state index in [9.17, 15) is 5.11 Å². The molecule has 2 rings (SSSR count). The van der Waals surface area contributed by atoms with Crippen LogP contribution in [0.2, 0.25) is 0 Å². The number of aliphatic hydroxyl groups excluding tert-OH is 1. The van der Waals surface area contributed by atoms with Crippen molar-refractivity contribution in [3.8, 4) is 0 Å². The van der Waals surface area contributed by atoms with Gasteiger partial charge in [0.1, 0.15) is 0 Å². The lowest BCUT2D eigenvalue weighted by atomic mass is 10.1. The van der Waals surface area contributed by atoms with E-state index in [0.717, 1.165) is 10.6 Å². The minimum atomic E-state index is -0.429. The fourth-order valence-corrected chi connectivity index (χ4v) is 3.18. The van der Waals surface area contributed by atoms with E-state index in [2.05, 4.69) is 18.8 Å². The Hall–Kier alpha value is -0.410. The van der Waals surface area contributed by atoms with Crippen LogP contribution in [-0.2, 0) is 0 Å².